The van der Waals surface area contributed by atoms with E-state index in [0.717, 1.165) is 11.2 Å². The lowest BCUT2D eigenvalue weighted by Crippen LogP contribution is -2.11. The van der Waals surface area contributed by atoms with E-state index in [0.29, 0.717) is 40.8 Å². The molecule has 0 spiro atoms. The maximum Gasteiger partial charge on any atom is 0.159 e. The first-order valence-electron chi connectivity index (χ1n) is 10.0. The van der Waals surface area contributed by atoms with E-state index in [1.807, 2.05) is 6.92 Å². The third-order valence-electron chi connectivity index (χ3n) is 4.45. The van der Waals surface area contributed by atoms with Crippen LogP contribution in [0.1, 0.15) is 19.4 Å². The largest absolute Gasteiger partial charge is 0.492 e. The van der Waals surface area contributed by atoms with Crippen molar-refractivity contribution in [2.75, 3.05) is 25.1 Å². The third-order valence-corrected chi connectivity index (χ3v) is 4.83. The summed E-state index contributed by atoms with van der Waals surface area (Å²) in [6, 6.07) is 6.22. The van der Waals surface area contributed by atoms with Crippen LogP contribution in [0.15, 0.2) is 59.4 Å². The molecule has 0 aliphatic heterocycles. The standard InChI is InChI=1S/C22H25ClFN5O3/c1-15(10-19(23)16(2)32-13-17-4-3-5-18(24)11-17)28-22-21-20(25-14-26-22)12-27-29(21)6-8-31-9-7-30/h3-5,10-12,14,30H,6-9,13H2,1-2H3,(H,25,26,28)/b15-10+,19-16-. The highest BCUT2D eigenvalue weighted by molar-refractivity contribution is 6.31. The first-order valence-corrected chi connectivity index (χ1v) is 10.4. The van der Waals surface area contributed by atoms with Gasteiger partial charge in [-0.25, -0.2) is 14.4 Å². The molecule has 0 aliphatic rings. The zero-order valence-electron chi connectivity index (χ0n) is 17.9. The number of hydrogen-bond acceptors (Lipinski definition) is 7. The summed E-state index contributed by atoms with van der Waals surface area (Å²) in [5, 5.41) is 16.8. The van der Waals surface area contributed by atoms with Gasteiger partial charge in [0.1, 0.15) is 35.5 Å². The lowest BCUT2D eigenvalue weighted by atomic mass is 10.2. The Morgan fingerprint density at radius 3 is 2.91 bits per heavy atom. The van der Waals surface area contributed by atoms with Gasteiger partial charge in [-0.05, 0) is 37.6 Å². The second kappa shape index (κ2) is 11.6. The molecule has 8 nitrogen and oxygen atoms in total. The normalized spacial score (nSPS) is 12.7. The monoisotopic (exact) mass is 461 g/mol. The summed E-state index contributed by atoms with van der Waals surface area (Å²) in [5.41, 5.74) is 2.86. The van der Waals surface area contributed by atoms with E-state index in [4.69, 9.17) is 26.2 Å². The van der Waals surface area contributed by atoms with Crippen molar-refractivity contribution >= 4 is 28.5 Å². The van der Waals surface area contributed by atoms with Crippen LogP contribution in [0.25, 0.3) is 11.0 Å². The van der Waals surface area contributed by atoms with E-state index in [1.165, 1.54) is 18.5 Å². The number of aliphatic hydroxyl groups excluding tert-OH is 1. The number of anilines is 1. The van der Waals surface area contributed by atoms with E-state index < -0.39 is 0 Å². The Labute approximate surface area is 190 Å². The fourth-order valence-electron chi connectivity index (χ4n) is 2.90. The van der Waals surface area contributed by atoms with Gasteiger partial charge in [0.25, 0.3) is 0 Å². The highest BCUT2D eigenvalue weighted by Gasteiger charge is 2.11. The van der Waals surface area contributed by atoms with Gasteiger partial charge in [-0.15, -0.1) is 0 Å². The highest BCUT2D eigenvalue weighted by Crippen LogP contribution is 2.22. The fourth-order valence-corrected chi connectivity index (χ4v) is 3.12. The van der Waals surface area contributed by atoms with Gasteiger partial charge in [0.2, 0.25) is 0 Å². The van der Waals surface area contributed by atoms with Crippen molar-refractivity contribution in [2.24, 2.45) is 0 Å². The summed E-state index contributed by atoms with van der Waals surface area (Å²) < 4.78 is 26.0. The number of rotatable bonds is 11. The number of allylic oxidation sites excluding steroid dienone is 4. The molecular weight excluding hydrogens is 437 g/mol. The van der Waals surface area contributed by atoms with E-state index in [2.05, 4.69) is 20.4 Å². The van der Waals surface area contributed by atoms with E-state index in [1.54, 1.807) is 36.0 Å². The molecule has 0 amide bonds. The fraction of sp³-hybridized carbons (Fsp3) is 0.318. The van der Waals surface area contributed by atoms with Crippen molar-refractivity contribution in [3.8, 4) is 0 Å². The average molecular weight is 462 g/mol. The molecule has 2 aromatic heterocycles. The Balaban J connectivity index is 1.70. The summed E-state index contributed by atoms with van der Waals surface area (Å²) >= 11 is 6.39. The minimum absolute atomic E-state index is 0.0284. The molecule has 3 aromatic rings. The molecule has 32 heavy (non-hydrogen) atoms. The molecule has 170 valence electrons. The van der Waals surface area contributed by atoms with Gasteiger partial charge in [0.05, 0.1) is 37.6 Å². The summed E-state index contributed by atoms with van der Waals surface area (Å²) in [5.74, 6) is 0.774. The van der Waals surface area contributed by atoms with Crippen molar-refractivity contribution in [1.29, 1.82) is 0 Å². The van der Waals surface area contributed by atoms with Crippen LogP contribution in [0.3, 0.4) is 0 Å². The van der Waals surface area contributed by atoms with Gasteiger partial charge in [-0.1, -0.05) is 23.7 Å². The SMILES string of the molecule is C/C(OCc1cccc(F)c1)=C(Cl)\C=C(/C)Nc1ncnc2cnn(CCOCCO)c12. The predicted octanol–water partition coefficient (Wildman–Crippen LogP) is 3.98. The zero-order valence-corrected chi connectivity index (χ0v) is 18.6. The van der Waals surface area contributed by atoms with Gasteiger partial charge < -0.3 is 19.9 Å². The quantitative estimate of drug-likeness (QED) is 0.253. The van der Waals surface area contributed by atoms with Crippen molar-refractivity contribution < 1.29 is 19.0 Å². The predicted molar refractivity (Wildman–Crippen MR) is 120 cm³/mol. The molecule has 0 saturated heterocycles. The van der Waals surface area contributed by atoms with Gasteiger partial charge in [-0.3, -0.25) is 4.68 Å². The van der Waals surface area contributed by atoms with Crippen molar-refractivity contribution in [3.63, 3.8) is 0 Å². The molecule has 0 atom stereocenters. The Bertz CT molecular complexity index is 1120. The van der Waals surface area contributed by atoms with Crippen LogP contribution in [0.2, 0.25) is 0 Å². The Hall–Kier alpha value is -3.01. The summed E-state index contributed by atoms with van der Waals surface area (Å²) in [6.45, 7) is 4.94. The molecule has 0 bridgehead atoms. The van der Waals surface area contributed by atoms with E-state index in [-0.39, 0.29) is 25.6 Å². The van der Waals surface area contributed by atoms with Gasteiger partial charge in [0, 0.05) is 5.70 Å². The number of ether oxygens (including phenoxy) is 2. The molecule has 3 rings (SSSR count). The Morgan fingerprint density at radius 2 is 2.12 bits per heavy atom. The van der Waals surface area contributed by atoms with Crippen LogP contribution in [-0.2, 0) is 22.6 Å². The van der Waals surface area contributed by atoms with Crippen molar-refractivity contribution in [2.45, 2.75) is 27.0 Å². The van der Waals surface area contributed by atoms with Gasteiger partial charge >= 0.3 is 0 Å². The average Bonchev–Trinajstić information content (AvgIpc) is 3.19. The second-order valence-electron chi connectivity index (χ2n) is 6.93. The molecule has 2 N–H and O–H groups in total. The number of aliphatic hydroxyl groups is 1. The van der Waals surface area contributed by atoms with Crippen LogP contribution in [0.5, 0.6) is 0 Å². The molecule has 2 heterocycles. The minimum Gasteiger partial charge on any atom is -0.492 e. The lowest BCUT2D eigenvalue weighted by molar-refractivity contribution is 0.0860. The second-order valence-corrected chi connectivity index (χ2v) is 7.34. The molecule has 0 saturated carbocycles. The molecule has 0 unspecified atom stereocenters. The van der Waals surface area contributed by atoms with Gasteiger partial charge in [0.15, 0.2) is 5.82 Å². The van der Waals surface area contributed by atoms with E-state index in [9.17, 15) is 4.39 Å². The number of hydrogen-bond donors (Lipinski definition) is 2. The van der Waals surface area contributed by atoms with Crippen LogP contribution in [0.4, 0.5) is 10.2 Å². The molecule has 1 aromatic carbocycles. The summed E-state index contributed by atoms with van der Waals surface area (Å²) in [4.78, 5) is 8.58. The summed E-state index contributed by atoms with van der Waals surface area (Å²) in [6.07, 6.45) is 4.84. The molecule has 10 heteroatoms. The molecule has 0 aliphatic carbocycles. The Morgan fingerprint density at radius 1 is 1.28 bits per heavy atom. The van der Waals surface area contributed by atoms with Crippen LogP contribution >= 0.6 is 11.6 Å². The first-order chi connectivity index (χ1) is 15.5. The smallest absolute Gasteiger partial charge is 0.159 e. The summed E-state index contributed by atoms with van der Waals surface area (Å²) in [7, 11) is 0. The van der Waals surface area contributed by atoms with E-state index >= 15 is 0 Å². The lowest BCUT2D eigenvalue weighted by Gasteiger charge is -2.11. The zero-order chi connectivity index (χ0) is 22.9. The number of aromatic nitrogens is 4. The number of nitrogens with one attached hydrogen (secondary N) is 1. The highest BCUT2D eigenvalue weighted by atomic mass is 35.5. The van der Waals surface area contributed by atoms with Crippen LogP contribution in [-0.4, -0.2) is 44.7 Å². The Kier molecular flexibility index (Phi) is 8.55. The first kappa shape index (κ1) is 23.6. The maximum absolute atomic E-state index is 13.3. The number of halogens is 2. The molecule has 0 radical (unpaired) electrons. The number of fused-ring (bicyclic) bond motifs is 1. The van der Waals surface area contributed by atoms with Gasteiger partial charge in [-0.2, -0.15) is 5.10 Å². The van der Waals surface area contributed by atoms with Crippen LogP contribution in [0, 0.1) is 5.82 Å². The maximum atomic E-state index is 13.3. The minimum atomic E-state index is -0.311. The topological polar surface area (TPSA) is 94.3 Å². The van der Waals surface area contributed by atoms with Crippen molar-refractivity contribution in [3.05, 3.63) is 70.7 Å². The number of nitrogens with zero attached hydrogens (tertiary/aromatic N) is 4. The molecular formula is C22H25ClFN5O3. The van der Waals surface area contributed by atoms with Crippen molar-refractivity contribution in [1.82, 2.24) is 19.7 Å². The number of benzene rings is 1. The van der Waals surface area contributed by atoms with Crippen LogP contribution < -0.4 is 5.32 Å². The third kappa shape index (κ3) is 6.49. The molecule has 0 fully saturated rings.